The molecule has 0 aliphatic carbocycles. The fraction of sp³-hybridized carbons (Fsp3) is 0.211. The first-order valence-electron chi connectivity index (χ1n) is 8.17. The van der Waals surface area contributed by atoms with Crippen LogP contribution in [0.15, 0.2) is 48.5 Å². The molecule has 1 amide bonds. The van der Waals surface area contributed by atoms with Crippen LogP contribution >= 0.6 is 11.6 Å². The van der Waals surface area contributed by atoms with Crippen LogP contribution in [0.1, 0.15) is 23.1 Å². The molecule has 0 radical (unpaired) electrons. The van der Waals surface area contributed by atoms with E-state index in [2.05, 4.69) is 10.3 Å². The minimum Gasteiger partial charge on any atom is -0.497 e. The Labute approximate surface area is 157 Å². The fourth-order valence-electron chi connectivity index (χ4n) is 2.63. The van der Waals surface area contributed by atoms with Crippen molar-refractivity contribution in [2.24, 2.45) is 0 Å². The summed E-state index contributed by atoms with van der Waals surface area (Å²) in [6.45, 7) is 1.94. The lowest BCUT2D eigenvalue weighted by molar-refractivity contribution is 0.0984. The number of ether oxygens (including phenoxy) is 1. The van der Waals surface area contributed by atoms with E-state index in [0.29, 0.717) is 34.3 Å². The summed E-state index contributed by atoms with van der Waals surface area (Å²) in [7, 11) is 3.31. The topological polar surface area (TPSA) is 60.2 Å². The normalized spacial score (nSPS) is 10.6. The van der Waals surface area contributed by atoms with Crippen molar-refractivity contribution in [1.82, 2.24) is 15.0 Å². The number of methoxy groups -OCH3 is 1. The van der Waals surface area contributed by atoms with Gasteiger partial charge in [0.2, 0.25) is 0 Å². The van der Waals surface area contributed by atoms with Crippen LogP contribution in [0, 0.1) is 0 Å². The minimum atomic E-state index is -0.197. The van der Waals surface area contributed by atoms with Crippen molar-refractivity contribution in [3.63, 3.8) is 0 Å². The molecular formula is C19H19ClN4O2. The lowest BCUT2D eigenvalue weighted by atomic mass is 10.2. The van der Waals surface area contributed by atoms with Crippen molar-refractivity contribution in [2.75, 3.05) is 19.1 Å². The predicted octanol–water partition coefficient (Wildman–Crippen LogP) is 3.77. The summed E-state index contributed by atoms with van der Waals surface area (Å²) in [5.41, 5.74) is 2.51. The molecular weight excluding hydrogens is 352 g/mol. The van der Waals surface area contributed by atoms with Crippen molar-refractivity contribution in [3.8, 4) is 11.4 Å². The first kappa shape index (κ1) is 17.9. The monoisotopic (exact) mass is 370 g/mol. The Bertz CT molecular complexity index is 922. The van der Waals surface area contributed by atoms with Gasteiger partial charge in [0.05, 0.1) is 18.5 Å². The molecule has 0 saturated heterocycles. The summed E-state index contributed by atoms with van der Waals surface area (Å²) in [5, 5.41) is 8.99. The summed E-state index contributed by atoms with van der Waals surface area (Å²) in [6.07, 6.45) is 0.597. The van der Waals surface area contributed by atoms with Crippen LogP contribution in [-0.2, 0) is 6.42 Å². The van der Waals surface area contributed by atoms with Crippen LogP contribution in [0.4, 0.5) is 5.69 Å². The van der Waals surface area contributed by atoms with Gasteiger partial charge in [-0.1, -0.05) is 29.8 Å². The van der Waals surface area contributed by atoms with E-state index in [4.69, 9.17) is 16.3 Å². The highest BCUT2D eigenvalue weighted by Gasteiger charge is 2.24. The summed E-state index contributed by atoms with van der Waals surface area (Å²) in [4.78, 5) is 14.7. The van der Waals surface area contributed by atoms with Gasteiger partial charge in [-0.05, 0) is 42.8 Å². The number of carbonyl (C=O) groups excluding carboxylic acids is 1. The van der Waals surface area contributed by atoms with E-state index in [1.165, 1.54) is 0 Å². The van der Waals surface area contributed by atoms with Gasteiger partial charge >= 0.3 is 0 Å². The maximum Gasteiger partial charge on any atom is 0.278 e. The first-order chi connectivity index (χ1) is 12.5. The van der Waals surface area contributed by atoms with Gasteiger partial charge in [-0.15, -0.1) is 5.10 Å². The van der Waals surface area contributed by atoms with Gasteiger partial charge in [-0.2, -0.15) is 0 Å². The molecule has 134 valence electrons. The van der Waals surface area contributed by atoms with Crippen molar-refractivity contribution in [1.29, 1.82) is 0 Å². The Morgan fingerprint density at radius 1 is 1.23 bits per heavy atom. The number of benzene rings is 2. The highest BCUT2D eigenvalue weighted by atomic mass is 35.5. The molecule has 3 aromatic rings. The van der Waals surface area contributed by atoms with Crippen LogP contribution in [-0.4, -0.2) is 35.1 Å². The van der Waals surface area contributed by atoms with E-state index < -0.39 is 0 Å². The van der Waals surface area contributed by atoms with Gasteiger partial charge in [-0.25, -0.2) is 4.68 Å². The molecule has 0 aliphatic heterocycles. The molecule has 0 bridgehead atoms. The maximum atomic E-state index is 13.2. The number of aromatic nitrogens is 3. The number of halogens is 1. The lowest BCUT2D eigenvalue weighted by Gasteiger charge is -2.18. The molecule has 7 heteroatoms. The summed E-state index contributed by atoms with van der Waals surface area (Å²) in [6, 6.07) is 14.4. The van der Waals surface area contributed by atoms with Crippen LogP contribution in [0.5, 0.6) is 5.75 Å². The second-order valence-corrected chi connectivity index (χ2v) is 6.13. The van der Waals surface area contributed by atoms with Crippen molar-refractivity contribution < 1.29 is 9.53 Å². The van der Waals surface area contributed by atoms with Crippen LogP contribution < -0.4 is 9.64 Å². The molecule has 3 rings (SSSR count). The second kappa shape index (κ2) is 7.58. The average molecular weight is 371 g/mol. The molecule has 6 nitrogen and oxygen atoms in total. The Kier molecular flexibility index (Phi) is 5.23. The maximum absolute atomic E-state index is 13.2. The minimum absolute atomic E-state index is 0.197. The number of nitrogens with zero attached hydrogens (tertiary/aromatic N) is 4. The SMILES string of the molecule is CCc1nnn(-c2cccc(OC)c2)c1C(=O)N(C)c1ccc(Cl)cc1. The van der Waals surface area contributed by atoms with Crippen molar-refractivity contribution in [2.45, 2.75) is 13.3 Å². The third-order valence-corrected chi connectivity index (χ3v) is 4.35. The largest absolute Gasteiger partial charge is 0.497 e. The van der Waals surface area contributed by atoms with Gasteiger partial charge in [0.25, 0.3) is 5.91 Å². The Balaban J connectivity index is 2.04. The van der Waals surface area contributed by atoms with Gasteiger partial charge in [0.15, 0.2) is 5.69 Å². The zero-order chi connectivity index (χ0) is 18.7. The summed E-state index contributed by atoms with van der Waals surface area (Å²) < 4.78 is 6.82. The standard InChI is InChI=1S/C19H19ClN4O2/c1-4-17-18(19(25)23(2)14-10-8-13(20)9-11-14)24(22-21-17)15-6-5-7-16(12-15)26-3/h5-12H,4H2,1-3H3. The number of anilines is 1. The molecule has 0 aliphatic rings. The Hall–Kier alpha value is -2.86. The second-order valence-electron chi connectivity index (χ2n) is 5.69. The zero-order valence-electron chi connectivity index (χ0n) is 14.8. The van der Waals surface area contributed by atoms with Crippen LogP contribution in [0.25, 0.3) is 5.69 Å². The number of carbonyl (C=O) groups is 1. The zero-order valence-corrected chi connectivity index (χ0v) is 15.6. The van der Waals surface area contributed by atoms with E-state index in [9.17, 15) is 4.79 Å². The van der Waals surface area contributed by atoms with E-state index in [0.717, 1.165) is 5.69 Å². The third-order valence-electron chi connectivity index (χ3n) is 4.09. The van der Waals surface area contributed by atoms with E-state index >= 15 is 0 Å². The molecule has 0 unspecified atom stereocenters. The number of hydrogen-bond acceptors (Lipinski definition) is 4. The van der Waals surface area contributed by atoms with Crippen LogP contribution in [0.2, 0.25) is 5.02 Å². The number of hydrogen-bond donors (Lipinski definition) is 0. The molecule has 1 heterocycles. The lowest BCUT2D eigenvalue weighted by Crippen LogP contribution is -2.29. The van der Waals surface area contributed by atoms with Crippen LogP contribution in [0.3, 0.4) is 0 Å². The van der Waals surface area contributed by atoms with Gasteiger partial charge in [0.1, 0.15) is 5.75 Å². The van der Waals surface area contributed by atoms with E-state index in [-0.39, 0.29) is 5.91 Å². The quantitative estimate of drug-likeness (QED) is 0.686. The highest BCUT2D eigenvalue weighted by molar-refractivity contribution is 6.30. The highest BCUT2D eigenvalue weighted by Crippen LogP contribution is 2.23. The third kappa shape index (κ3) is 3.41. The summed E-state index contributed by atoms with van der Waals surface area (Å²) in [5.74, 6) is 0.484. The summed E-state index contributed by atoms with van der Waals surface area (Å²) >= 11 is 5.94. The Morgan fingerprint density at radius 2 is 1.96 bits per heavy atom. The van der Waals surface area contributed by atoms with Gasteiger partial charge in [0, 0.05) is 23.8 Å². The van der Waals surface area contributed by atoms with E-state index in [1.807, 2.05) is 31.2 Å². The number of amides is 1. The van der Waals surface area contributed by atoms with Gasteiger partial charge < -0.3 is 9.64 Å². The molecule has 0 spiro atoms. The molecule has 1 aromatic heterocycles. The Morgan fingerprint density at radius 3 is 2.62 bits per heavy atom. The smallest absolute Gasteiger partial charge is 0.278 e. The number of rotatable bonds is 5. The molecule has 0 atom stereocenters. The van der Waals surface area contributed by atoms with Gasteiger partial charge in [-0.3, -0.25) is 4.79 Å². The van der Waals surface area contributed by atoms with Crippen molar-refractivity contribution >= 4 is 23.2 Å². The number of aryl methyl sites for hydroxylation is 1. The van der Waals surface area contributed by atoms with E-state index in [1.54, 1.807) is 48.0 Å². The first-order valence-corrected chi connectivity index (χ1v) is 8.55. The van der Waals surface area contributed by atoms with Crippen molar-refractivity contribution in [3.05, 3.63) is 64.9 Å². The molecule has 2 aromatic carbocycles. The molecule has 0 saturated carbocycles. The molecule has 26 heavy (non-hydrogen) atoms. The predicted molar refractivity (Wildman–Crippen MR) is 101 cm³/mol. The average Bonchev–Trinajstić information content (AvgIpc) is 3.11. The molecule has 0 N–H and O–H groups in total. The molecule has 0 fully saturated rings. The fourth-order valence-corrected chi connectivity index (χ4v) is 2.75.